The number of hydrogen-bond donors (Lipinski definition) is 2. The Balaban J connectivity index is 1.80. The molecule has 0 amide bonds. The summed E-state index contributed by atoms with van der Waals surface area (Å²) in [6.45, 7) is 0. The number of nitrogens with zero attached hydrogens (tertiary/aromatic N) is 2. The highest BCUT2D eigenvalue weighted by atomic mass is 16.5. The highest BCUT2D eigenvalue weighted by Gasteiger charge is 2.07. The number of anilines is 2. The maximum Gasteiger partial charge on any atom is 0.145 e. The first-order chi connectivity index (χ1) is 10.8. The first kappa shape index (κ1) is 12.6. The molecule has 0 saturated heterocycles. The van der Waals surface area contributed by atoms with Crippen LogP contribution in [-0.2, 0) is 0 Å². The zero-order valence-electron chi connectivity index (χ0n) is 12.0. The number of aromatic nitrogens is 3. The maximum atomic E-state index is 5.38. The van der Waals surface area contributed by atoms with E-state index in [1.54, 1.807) is 13.3 Å². The SMILES string of the molecule is COc1cccc2c(Nc3ccc4cn[nH]c4c3)ccnc12. The van der Waals surface area contributed by atoms with Crippen LogP contribution in [-0.4, -0.2) is 22.3 Å². The highest BCUT2D eigenvalue weighted by molar-refractivity contribution is 5.96. The zero-order valence-corrected chi connectivity index (χ0v) is 12.0. The summed E-state index contributed by atoms with van der Waals surface area (Å²) in [5.41, 5.74) is 3.83. The molecule has 0 spiro atoms. The van der Waals surface area contributed by atoms with E-state index in [9.17, 15) is 0 Å². The van der Waals surface area contributed by atoms with Gasteiger partial charge in [0, 0.05) is 28.3 Å². The molecule has 0 unspecified atom stereocenters. The molecule has 4 aromatic rings. The molecule has 22 heavy (non-hydrogen) atoms. The Kier molecular flexibility index (Phi) is 2.89. The number of nitrogens with one attached hydrogen (secondary N) is 2. The van der Waals surface area contributed by atoms with E-state index in [4.69, 9.17) is 4.74 Å². The van der Waals surface area contributed by atoms with Gasteiger partial charge < -0.3 is 10.1 Å². The monoisotopic (exact) mass is 290 g/mol. The number of para-hydroxylation sites is 1. The van der Waals surface area contributed by atoms with Crippen LogP contribution in [0.25, 0.3) is 21.8 Å². The summed E-state index contributed by atoms with van der Waals surface area (Å²) in [6.07, 6.45) is 3.59. The van der Waals surface area contributed by atoms with Crippen molar-refractivity contribution in [1.29, 1.82) is 0 Å². The van der Waals surface area contributed by atoms with E-state index in [0.717, 1.165) is 38.9 Å². The number of benzene rings is 2. The number of rotatable bonds is 3. The maximum absolute atomic E-state index is 5.38. The van der Waals surface area contributed by atoms with Gasteiger partial charge in [-0.3, -0.25) is 10.1 Å². The molecule has 0 aliphatic carbocycles. The lowest BCUT2D eigenvalue weighted by atomic mass is 10.1. The van der Waals surface area contributed by atoms with E-state index >= 15 is 0 Å². The van der Waals surface area contributed by atoms with Crippen molar-refractivity contribution in [3.8, 4) is 5.75 Å². The third-order valence-electron chi connectivity index (χ3n) is 3.67. The number of H-pyrrole nitrogens is 1. The molecule has 0 saturated carbocycles. The fraction of sp³-hybridized carbons (Fsp3) is 0.0588. The minimum absolute atomic E-state index is 0.769. The smallest absolute Gasteiger partial charge is 0.145 e. The van der Waals surface area contributed by atoms with Crippen LogP contribution in [0.15, 0.2) is 54.9 Å². The van der Waals surface area contributed by atoms with Crippen LogP contribution in [0.5, 0.6) is 5.75 Å². The second-order valence-corrected chi connectivity index (χ2v) is 5.01. The summed E-state index contributed by atoms with van der Waals surface area (Å²) in [5.74, 6) is 0.769. The van der Waals surface area contributed by atoms with E-state index < -0.39 is 0 Å². The standard InChI is InChI=1S/C17H14N4O/c1-22-16-4-2-3-13-14(7-8-18-17(13)16)20-12-6-5-11-10-19-21-15(11)9-12/h2-10H,1H3,(H,18,20)(H,19,21). The van der Waals surface area contributed by atoms with Crippen molar-refractivity contribution >= 4 is 33.2 Å². The summed E-state index contributed by atoms with van der Waals surface area (Å²) in [5, 5.41) is 12.6. The fourth-order valence-electron chi connectivity index (χ4n) is 2.59. The Morgan fingerprint density at radius 1 is 1.14 bits per heavy atom. The van der Waals surface area contributed by atoms with E-state index in [0.29, 0.717) is 0 Å². The molecule has 5 nitrogen and oxygen atoms in total. The van der Waals surface area contributed by atoms with Crippen molar-refractivity contribution < 1.29 is 4.74 Å². The van der Waals surface area contributed by atoms with Gasteiger partial charge in [0.05, 0.1) is 18.8 Å². The second kappa shape index (κ2) is 5.04. The largest absolute Gasteiger partial charge is 0.494 e. The molecular weight excluding hydrogens is 276 g/mol. The fourth-order valence-corrected chi connectivity index (χ4v) is 2.59. The van der Waals surface area contributed by atoms with Crippen molar-refractivity contribution in [2.24, 2.45) is 0 Å². The number of aromatic amines is 1. The van der Waals surface area contributed by atoms with Gasteiger partial charge in [-0.1, -0.05) is 12.1 Å². The molecule has 0 fully saturated rings. The second-order valence-electron chi connectivity index (χ2n) is 5.01. The van der Waals surface area contributed by atoms with Gasteiger partial charge >= 0.3 is 0 Å². The lowest BCUT2D eigenvalue weighted by Gasteiger charge is -2.11. The van der Waals surface area contributed by atoms with Gasteiger partial charge in [-0.2, -0.15) is 5.10 Å². The average Bonchev–Trinajstić information content (AvgIpc) is 3.02. The summed E-state index contributed by atoms with van der Waals surface area (Å²) < 4.78 is 5.38. The molecule has 2 heterocycles. The van der Waals surface area contributed by atoms with Crippen LogP contribution in [0.4, 0.5) is 11.4 Å². The minimum Gasteiger partial charge on any atom is -0.494 e. The van der Waals surface area contributed by atoms with Gasteiger partial charge in [-0.25, -0.2) is 0 Å². The van der Waals surface area contributed by atoms with Crippen LogP contribution in [0, 0.1) is 0 Å². The van der Waals surface area contributed by atoms with E-state index in [-0.39, 0.29) is 0 Å². The summed E-state index contributed by atoms with van der Waals surface area (Å²) in [4.78, 5) is 4.41. The molecule has 0 aliphatic rings. The molecule has 5 heteroatoms. The predicted octanol–water partition coefficient (Wildman–Crippen LogP) is 3.86. The third-order valence-corrected chi connectivity index (χ3v) is 3.67. The normalized spacial score (nSPS) is 11.0. The molecular formula is C17H14N4O. The Bertz CT molecular complexity index is 961. The van der Waals surface area contributed by atoms with Crippen molar-refractivity contribution in [3.05, 3.63) is 54.9 Å². The minimum atomic E-state index is 0.769. The lowest BCUT2D eigenvalue weighted by molar-refractivity contribution is 0.419. The molecule has 0 radical (unpaired) electrons. The summed E-state index contributed by atoms with van der Waals surface area (Å²) in [7, 11) is 1.66. The van der Waals surface area contributed by atoms with E-state index in [1.165, 1.54) is 0 Å². The van der Waals surface area contributed by atoms with Crippen LogP contribution >= 0.6 is 0 Å². The van der Waals surface area contributed by atoms with Crippen molar-refractivity contribution in [2.45, 2.75) is 0 Å². The first-order valence-electron chi connectivity index (χ1n) is 6.97. The van der Waals surface area contributed by atoms with Gasteiger partial charge in [-0.15, -0.1) is 0 Å². The van der Waals surface area contributed by atoms with Crippen LogP contribution in [0.2, 0.25) is 0 Å². The molecule has 2 aromatic heterocycles. The Morgan fingerprint density at radius 2 is 2.09 bits per heavy atom. The molecule has 0 atom stereocenters. The average molecular weight is 290 g/mol. The number of ether oxygens (including phenoxy) is 1. The number of hydrogen-bond acceptors (Lipinski definition) is 4. The number of fused-ring (bicyclic) bond motifs is 2. The van der Waals surface area contributed by atoms with Crippen LogP contribution < -0.4 is 10.1 Å². The zero-order chi connectivity index (χ0) is 14.9. The Hall–Kier alpha value is -3.08. The van der Waals surface area contributed by atoms with Crippen molar-refractivity contribution in [3.63, 3.8) is 0 Å². The molecule has 2 N–H and O–H groups in total. The van der Waals surface area contributed by atoms with Crippen molar-refractivity contribution in [1.82, 2.24) is 15.2 Å². The van der Waals surface area contributed by atoms with Gasteiger partial charge in [0.25, 0.3) is 0 Å². The van der Waals surface area contributed by atoms with Gasteiger partial charge in [0.15, 0.2) is 0 Å². The first-order valence-corrected chi connectivity index (χ1v) is 6.97. The summed E-state index contributed by atoms with van der Waals surface area (Å²) >= 11 is 0. The van der Waals surface area contributed by atoms with Crippen molar-refractivity contribution in [2.75, 3.05) is 12.4 Å². The predicted molar refractivity (Wildman–Crippen MR) is 87.7 cm³/mol. The van der Waals surface area contributed by atoms with Gasteiger partial charge in [0.2, 0.25) is 0 Å². The Morgan fingerprint density at radius 3 is 3.00 bits per heavy atom. The highest BCUT2D eigenvalue weighted by Crippen LogP contribution is 2.30. The lowest BCUT2D eigenvalue weighted by Crippen LogP contribution is -1.94. The summed E-state index contributed by atoms with van der Waals surface area (Å²) in [6, 6.07) is 14.0. The van der Waals surface area contributed by atoms with E-state index in [2.05, 4.69) is 20.5 Å². The third kappa shape index (κ3) is 2.03. The van der Waals surface area contributed by atoms with Crippen LogP contribution in [0.1, 0.15) is 0 Å². The molecule has 2 aromatic carbocycles. The molecule has 0 aliphatic heterocycles. The van der Waals surface area contributed by atoms with Gasteiger partial charge in [0.1, 0.15) is 11.3 Å². The van der Waals surface area contributed by atoms with Gasteiger partial charge in [-0.05, 0) is 30.3 Å². The molecule has 0 bridgehead atoms. The number of pyridine rings is 1. The topological polar surface area (TPSA) is 62.8 Å². The molecule has 108 valence electrons. The quantitative estimate of drug-likeness (QED) is 0.601. The van der Waals surface area contributed by atoms with Crippen LogP contribution in [0.3, 0.4) is 0 Å². The Labute approximate surface area is 126 Å². The molecule has 4 rings (SSSR count). The van der Waals surface area contributed by atoms with E-state index in [1.807, 2.05) is 48.7 Å². The number of methoxy groups -OCH3 is 1.